The quantitative estimate of drug-likeness (QED) is 0.475. The van der Waals surface area contributed by atoms with Crippen LogP contribution in [0.2, 0.25) is 0 Å². The molecule has 0 saturated carbocycles. The number of anilines is 2. The first-order valence-electron chi connectivity index (χ1n) is 10.4. The fraction of sp³-hybridized carbons (Fsp3) is 0.200. The molecule has 0 spiro atoms. The Bertz CT molecular complexity index is 1240. The van der Waals surface area contributed by atoms with Crippen molar-refractivity contribution in [2.45, 2.75) is 32.3 Å². The maximum absolute atomic E-state index is 12.9. The van der Waals surface area contributed by atoms with E-state index < -0.39 is 17.9 Å². The van der Waals surface area contributed by atoms with E-state index in [4.69, 9.17) is 0 Å². The third-order valence-corrected chi connectivity index (χ3v) is 5.71. The number of hydrogen-bond acceptors (Lipinski definition) is 4. The number of nitrogens with zero attached hydrogens (tertiary/aromatic N) is 1. The largest absolute Gasteiger partial charge is 0.573 e. The van der Waals surface area contributed by atoms with Crippen molar-refractivity contribution in [3.63, 3.8) is 0 Å². The number of ether oxygens (including phenoxy) is 1. The first-order valence-corrected chi connectivity index (χ1v) is 10.4. The molecule has 0 aromatic heterocycles. The topological polar surface area (TPSA) is 78.9 Å². The van der Waals surface area contributed by atoms with Gasteiger partial charge in [0.15, 0.2) is 0 Å². The van der Waals surface area contributed by atoms with Crippen LogP contribution in [-0.2, 0) is 11.3 Å². The average Bonchev–Trinajstić information content (AvgIpc) is 3.11. The van der Waals surface area contributed by atoms with E-state index in [-0.39, 0.29) is 18.2 Å². The smallest absolute Gasteiger partial charge is 0.480 e. The van der Waals surface area contributed by atoms with Gasteiger partial charge < -0.3 is 20.1 Å². The minimum Gasteiger partial charge on any atom is -0.480 e. The Hall–Kier alpha value is -4.01. The number of fused-ring (bicyclic) bond motifs is 1. The monoisotopic (exact) mass is 470 g/mol. The predicted octanol–water partition coefficient (Wildman–Crippen LogP) is 5.81. The number of benzene rings is 3. The van der Waals surface area contributed by atoms with Gasteiger partial charge in [-0.3, -0.25) is 4.79 Å². The minimum atomic E-state index is -4.74. The molecule has 2 N–H and O–H groups in total. The van der Waals surface area contributed by atoms with Crippen LogP contribution < -0.4 is 10.1 Å². The summed E-state index contributed by atoms with van der Waals surface area (Å²) in [5.74, 6) is -1.69. The van der Waals surface area contributed by atoms with E-state index in [2.05, 4.69) is 10.1 Å². The van der Waals surface area contributed by atoms with Gasteiger partial charge in [0, 0.05) is 23.5 Å². The summed E-state index contributed by atoms with van der Waals surface area (Å²) in [6, 6.07) is 18.2. The molecule has 9 heteroatoms. The van der Waals surface area contributed by atoms with E-state index in [1.54, 1.807) is 6.07 Å². The number of carboxylic acids is 1. The lowest BCUT2D eigenvalue weighted by atomic mass is 10.00. The molecule has 34 heavy (non-hydrogen) atoms. The zero-order chi connectivity index (χ0) is 24.7. The number of carboxylic acid groups (broad SMARTS) is 1. The summed E-state index contributed by atoms with van der Waals surface area (Å²) in [6.45, 7) is 3.24. The van der Waals surface area contributed by atoms with Crippen molar-refractivity contribution in [3.8, 4) is 16.9 Å². The van der Waals surface area contributed by atoms with Crippen molar-refractivity contribution in [1.29, 1.82) is 0 Å². The summed E-state index contributed by atoms with van der Waals surface area (Å²) in [6.07, 6.45) is -4.74. The van der Waals surface area contributed by atoms with E-state index in [0.717, 1.165) is 22.4 Å². The summed E-state index contributed by atoms with van der Waals surface area (Å²) >= 11 is 0. The number of aliphatic carboxylic acids is 1. The third kappa shape index (κ3) is 4.68. The van der Waals surface area contributed by atoms with Gasteiger partial charge in [0.1, 0.15) is 11.3 Å². The Balaban J connectivity index is 1.48. The fourth-order valence-corrected chi connectivity index (χ4v) is 3.70. The molecule has 0 bridgehead atoms. The number of rotatable bonds is 6. The molecule has 1 heterocycles. The highest BCUT2D eigenvalue weighted by Crippen LogP contribution is 2.33. The van der Waals surface area contributed by atoms with E-state index in [9.17, 15) is 27.9 Å². The van der Waals surface area contributed by atoms with Crippen molar-refractivity contribution in [1.82, 2.24) is 4.90 Å². The van der Waals surface area contributed by atoms with Crippen molar-refractivity contribution in [2.75, 3.05) is 5.32 Å². The van der Waals surface area contributed by atoms with Gasteiger partial charge in [0.2, 0.25) is 0 Å². The lowest BCUT2D eigenvalue weighted by molar-refractivity contribution is -0.274. The third-order valence-electron chi connectivity index (χ3n) is 5.71. The number of alkyl halides is 3. The normalized spacial score (nSPS) is 13.6. The molecule has 3 aromatic carbocycles. The standard InChI is InChI=1S/C25H21F3N2O4/c1-24(2,23(32)33)30-14-17-4-3-16(13-21(17)22(30)31)15-5-7-18(8-6-15)29-19-9-11-20(12-10-19)34-25(26,27)28/h3-13,29H,14H2,1-2H3,(H,32,33). The fourth-order valence-electron chi connectivity index (χ4n) is 3.70. The van der Waals surface area contributed by atoms with Gasteiger partial charge in [-0.1, -0.05) is 24.3 Å². The molecule has 176 valence electrons. The summed E-state index contributed by atoms with van der Waals surface area (Å²) in [4.78, 5) is 25.8. The van der Waals surface area contributed by atoms with Crippen LogP contribution in [0.15, 0.2) is 66.7 Å². The second-order valence-electron chi connectivity index (χ2n) is 8.40. The molecule has 4 rings (SSSR count). The Morgan fingerprint density at radius 1 is 0.941 bits per heavy atom. The molecule has 1 aliphatic rings. The van der Waals surface area contributed by atoms with Crippen LogP contribution in [0.5, 0.6) is 5.75 Å². The molecular formula is C25H21F3N2O4. The van der Waals surface area contributed by atoms with Crippen LogP contribution in [0, 0.1) is 0 Å². The summed E-state index contributed by atoms with van der Waals surface area (Å²) < 4.78 is 40.7. The van der Waals surface area contributed by atoms with Gasteiger partial charge in [-0.2, -0.15) is 0 Å². The number of nitrogens with one attached hydrogen (secondary N) is 1. The van der Waals surface area contributed by atoms with E-state index in [1.807, 2.05) is 36.4 Å². The molecular weight excluding hydrogens is 449 g/mol. The highest BCUT2D eigenvalue weighted by atomic mass is 19.4. The maximum atomic E-state index is 12.9. The Morgan fingerprint density at radius 2 is 1.50 bits per heavy atom. The second kappa shape index (κ2) is 8.40. The molecule has 6 nitrogen and oxygen atoms in total. The minimum absolute atomic E-state index is 0.239. The molecule has 0 radical (unpaired) electrons. The highest BCUT2D eigenvalue weighted by Gasteiger charge is 2.42. The van der Waals surface area contributed by atoms with Crippen molar-refractivity contribution < 1.29 is 32.6 Å². The molecule has 3 aromatic rings. The van der Waals surface area contributed by atoms with Gasteiger partial charge in [-0.05, 0) is 73.0 Å². The molecule has 0 saturated heterocycles. The summed E-state index contributed by atoms with van der Waals surface area (Å²) in [7, 11) is 0. The Kier molecular flexibility index (Phi) is 5.72. The van der Waals surface area contributed by atoms with E-state index in [1.165, 1.54) is 43.0 Å². The van der Waals surface area contributed by atoms with Gasteiger partial charge in [0.05, 0.1) is 0 Å². The van der Waals surface area contributed by atoms with Gasteiger partial charge in [-0.15, -0.1) is 13.2 Å². The van der Waals surface area contributed by atoms with Crippen LogP contribution in [0.25, 0.3) is 11.1 Å². The average molecular weight is 470 g/mol. The zero-order valence-corrected chi connectivity index (χ0v) is 18.3. The molecule has 1 aliphatic heterocycles. The summed E-state index contributed by atoms with van der Waals surface area (Å²) in [5.41, 5.74) is 2.91. The van der Waals surface area contributed by atoms with Gasteiger partial charge >= 0.3 is 12.3 Å². The number of carbonyl (C=O) groups excluding carboxylic acids is 1. The van der Waals surface area contributed by atoms with Crippen molar-refractivity contribution in [3.05, 3.63) is 77.9 Å². The molecule has 0 unspecified atom stereocenters. The number of amides is 1. The van der Waals surface area contributed by atoms with Crippen molar-refractivity contribution in [2.24, 2.45) is 0 Å². The zero-order valence-electron chi connectivity index (χ0n) is 18.3. The predicted molar refractivity (Wildman–Crippen MR) is 120 cm³/mol. The maximum Gasteiger partial charge on any atom is 0.573 e. The molecule has 0 atom stereocenters. The second-order valence-corrected chi connectivity index (χ2v) is 8.40. The van der Waals surface area contributed by atoms with E-state index >= 15 is 0 Å². The number of hydrogen-bond donors (Lipinski definition) is 2. The van der Waals surface area contributed by atoms with Crippen LogP contribution in [0.4, 0.5) is 24.5 Å². The molecule has 0 aliphatic carbocycles. The van der Waals surface area contributed by atoms with Crippen LogP contribution in [0.3, 0.4) is 0 Å². The lowest BCUT2D eigenvalue weighted by Crippen LogP contribution is -2.50. The van der Waals surface area contributed by atoms with Crippen LogP contribution >= 0.6 is 0 Å². The highest BCUT2D eigenvalue weighted by molar-refractivity contribution is 6.02. The van der Waals surface area contributed by atoms with Gasteiger partial charge in [0.25, 0.3) is 5.91 Å². The molecule has 1 amide bonds. The number of halogens is 3. The number of carbonyl (C=O) groups is 2. The summed E-state index contributed by atoms with van der Waals surface area (Å²) in [5, 5.41) is 12.6. The molecule has 0 fully saturated rings. The Labute approximate surface area is 193 Å². The Morgan fingerprint density at radius 3 is 2.06 bits per heavy atom. The van der Waals surface area contributed by atoms with Crippen molar-refractivity contribution >= 4 is 23.3 Å². The van der Waals surface area contributed by atoms with Crippen LogP contribution in [0.1, 0.15) is 29.8 Å². The van der Waals surface area contributed by atoms with Gasteiger partial charge in [-0.25, -0.2) is 4.79 Å². The first-order chi connectivity index (χ1) is 15.9. The SMILES string of the molecule is CC(C)(C(=O)O)N1Cc2ccc(-c3ccc(Nc4ccc(OC(F)(F)F)cc4)cc3)cc2C1=O. The lowest BCUT2D eigenvalue weighted by Gasteiger charge is -2.31. The van der Waals surface area contributed by atoms with Crippen LogP contribution in [-0.4, -0.2) is 33.8 Å². The first kappa shape index (κ1) is 23.2. The van der Waals surface area contributed by atoms with E-state index in [0.29, 0.717) is 11.3 Å².